The zero-order valence-corrected chi connectivity index (χ0v) is 16.1. The molecule has 0 bridgehead atoms. The Morgan fingerprint density at radius 1 is 0.931 bits per heavy atom. The van der Waals surface area contributed by atoms with Crippen molar-refractivity contribution in [3.63, 3.8) is 0 Å². The van der Waals surface area contributed by atoms with E-state index in [1.54, 1.807) is 30.3 Å². The molecule has 1 aromatic heterocycles. The number of rotatable bonds is 5. The first-order valence-corrected chi connectivity index (χ1v) is 10.6. The molecule has 1 unspecified atom stereocenters. The smallest absolute Gasteiger partial charge is 0.296 e. The lowest BCUT2D eigenvalue weighted by molar-refractivity contribution is 0.506. The Balaban J connectivity index is 1.81. The molecule has 0 aliphatic heterocycles. The molecule has 8 heteroatoms. The molecular formula is C21H16F2N2O3S. The lowest BCUT2D eigenvalue weighted by Crippen LogP contribution is -2.14. The Morgan fingerprint density at radius 2 is 1.69 bits per heavy atom. The molecule has 0 aliphatic carbocycles. The van der Waals surface area contributed by atoms with Crippen LogP contribution in [0.5, 0.6) is 0 Å². The van der Waals surface area contributed by atoms with Gasteiger partial charge >= 0.3 is 0 Å². The normalized spacial score (nSPS) is 12.8. The molecule has 0 saturated carbocycles. The number of hydrogen-bond donors (Lipinski definition) is 1. The van der Waals surface area contributed by atoms with Crippen LogP contribution in [0, 0.1) is 11.6 Å². The second-order valence-electron chi connectivity index (χ2n) is 6.58. The van der Waals surface area contributed by atoms with Crippen LogP contribution in [0.3, 0.4) is 0 Å². The number of para-hydroxylation sites is 2. The van der Waals surface area contributed by atoms with Crippen LogP contribution < -0.4 is 5.32 Å². The zero-order valence-electron chi connectivity index (χ0n) is 15.3. The number of nitrogens with zero attached hydrogens (tertiary/aromatic N) is 1. The summed E-state index contributed by atoms with van der Waals surface area (Å²) in [5.41, 5.74) is 2.10. The number of anilines is 1. The lowest BCUT2D eigenvalue weighted by Gasteiger charge is -2.19. The number of benzene rings is 3. The average Bonchev–Trinajstić information content (AvgIpc) is 3.10. The topological polar surface area (TPSA) is 72.2 Å². The molecule has 3 aromatic carbocycles. The summed E-state index contributed by atoms with van der Waals surface area (Å²) in [6.07, 6.45) is 1.10. The number of hydrogen-bond acceptors (Lipinski definition) is 5. The van der Waals surface area contributed by atoms with E-state index < -0.39 is 27.5 Å². The molecule has 4 rings (SSSR count). The van der Waals surface area contributed by atoms with Crippen molar-refractivity contribution in [2.75, 3.05) is 11.6 Å². The molecule has 0 amide bonds. The highest BCUT2D eigenvalue weighted by atomic mass is 32.2. The van der Waals surface area contributed by atoms with E-state index in [0.717, 1.165) is 18.4 Å². The number of oxazole rings is 1. The Kier molecular flexibility index (Phi) is 4.79. The summed E-state index contributed by atoms with van der Waals surface area (Å²) in [7, 11) is -3.45. The second kappa shape index (κ2) is 7.29. The monoisotopic (exact) mass is 414 g/mol. The van der Waals surface area contributed by atoms with E-state index in [0.29, 0.717) is 22.2 Å². The molecular weight excluding hydrogens is 398 g/mol. The molecule has 1 N–H and O–H groups in total. The van der Waals surface area contributed by atoms with Crippen LogP contribution in [0.15, 0.2) is 76.0 Å². The first-order valence-electron chi connectivity index (χ1n) is 8.68. The van der Waals surface area contributed by atoms with Crippen molar-refractivity contribution in [2.45, 2.75) is 10.9 Å². The highest BCUT2D eigenvalue weighted by Crippen LogP contribution is 2.30. The van der Waals surface area contributed by atoms with Crippen LogP contribution in [-0.4, -0.2) is 19.7 Å². The predicted octanol–water partition coefficient (Wildman–Crippen LogP) is 4.71. The Bertz CT molecular complexity index is 1270. The minimum atomic E-state index is -3.45. The summed E-state index contributed by atoms with van der Waals surface area (Å²) in [6, 6.07) is 16.3. The molecule has 5 nitrogen and oxygen atoms in total. The van der Waals surface area contributed by atoms with Crippen LogP contribution >= 0.6 is 0 Å². The van der Waals surface area contributed by atoms with E-state index in [-0.39, 0.29) is 10.9 Å². The lowest BCUT2D eigenvalue weighted by atomic mass is 9.98. The van der Waals surface area contributed by atoms with Crippen molar-refractivity contribution < 1.29 is 21.6 Å². The van der Waals surface area contributed by atoms with Gasteiger partial charge in [-0.1, -0.05) is 30.3 Å². The van der Waals surface area contributed by atoms with E-state index in [1.807, 2.05) is 6.07 Å². The minimum absolute atomic E-state index is 0.113. The molecule has 4 aromatic rings. The van der Waals surface area contributed by atoms with Gasteiger partial charge in [0, 0.05) is 6.26 Å². The molecule has 1 heterocycles. The van der Waals surface area contributed by atoms with Gasteiger partial charge in [0.25, 0.3) is 6.01 Å². The van der Waals surface area contributed by atoms with Crippen LogP contribution in [0.25, 0.3) is 11.1 Å². The molecule has 29 heavy (non-hydrogen) atoms. The fourth-order valence-electron chi connectivity index (χ4n) is 3.03. The van der Waals surface area contributed by atoms with Crippen molar-refractivity contribution >= 4 is 27.0 Å². The van der Waals surface area contributed by atoms with Crippen LogP contribution in [0.1, 0.15) is 17.2 Å². The number of aromatic nitrogens is 1. The van der Waals surface area contributed by atoms with Crippen LogP contribution in [0.2, 0.25) is 0 Å². The zero-order chi connectivity index (χ0) is 20.6. The van der Waals surface area contributed by atoms with Gasteiger partial charge in [0.05, 0.1) is 10.9 Å². The molecule has 0 spiro atoms. The maximum Gasteiger partial charge on any atom is 0.296 e. The summed E-state index contributed by atoms with van der Waals surface area (Å²) in [4.78, 5) is 4.46. The maximum atomic E-state index is 13.9. The number of sulfone groups is 1. The van der Waals surface area contributed by atoms with Crippen molar-refractivity contribution in [2.24, 2.45) is 0 Å². The van der Waals surface area contributed by atoms with Gasteiger partial charge in [-0.25, -0.2) is 17.2 Å². The Labute approximate surface area is 165 Å². The Morgan fingerprint density at radius 3 is 2.41 bits per heavy atom. The minimum Gasteiger partial charge on any atom is -0.424 e. The summed E-state index contributed by atoms with van der Waals surface area (Å²) < 4.78 is 56.9. The van der Waals surface area contributed by atoms with Crippen LogP contribution in [-0.2, 0) is 9.84 Å². The third-order valence-corrected chi connectivity index (χ3v) is 5.57. The standard InChI is InChI=1S/C21H16F2N2O3S/c1-29(26,27)15-6-4-5-13(11-15)20(14-9-10-16(22)17(23)12-14)25-21-24-18-7-2-3-8-19(18)28-21/h2-12,20H,1H3,(H,24,25). The maximum absolute atomic E-state index is 13.9. The fraction of sp³-hybridized carbons (Fsp3) is 0.0952. The third-order valence-electron chi connectivity index (χ3n) is 4.46. The van der Waals surface area contributed by atoms with Gasteiger partial charge in [-0.15, -0.1) is 0 Å². The molecule has 1 atom stereocenters. The van der Waals surface area contributed by atoms with Crippen molar-refractivity contribution in [3.8, 4) is 0 Å². The third kappa shape index (κ3) is 3.97. The van der Waals surface area contributed by atoms with Gasteiger partial charge < -0.3 is 9.73 Å². The predicted molar refractivity (Wildman–Crippen MR) is 105 cm³/mol. The van der Waals surface area contributed by atoms with Gasteiger partial charge in [-0.3, -0.25) is 0 Å². The largest absolute Gasteiger partial charge is 0.424 e. The van der Waals surface area contributed by atoms with Gasteiger partial charge in [0.2, 0.25) is 0 Å². The van der Waals surface area contributed by atoms with Crippen molar-refractivity contribution in [3.05, 3.63) is 89.5 Å². The number of nitrogens with one attached hydrogen (secondary N) is 1. The van der Waals surface area contributed by atoms with Gasteiger partial charge in [-0.2, -0.15) is 4.98 Å². The molecule has 0 radical (unpaired) electrons. The average molecular weight is 414 g/mol. The molecule has 0 aliphatic rings. The Hall–Kier alpha value is -3.26. The summed E-state index contributed by atoms with van der Waals surface area (Å²) in [6.45, 7) is 0. The number of halogens is 2. The van der Waals surface area contributed by atoms with Crippen molar-refractivity contribution in [1.82, 2.24) is 4.98 Å². The quantitative estimate of drug-likeness (QED) is 0.512. The first-order chi connectivity index (χ1) is 13.8. The fourth-order valence-corrected chi connectivity index (χ4v) is 3.71. The number of fused-ring (bicyclic) bond motifs is 1. The van der Waals surface area contributed by atoms with E-state index in [1.165, 1.54) is 18.2 Å². The van der Waals surface area contributed by atoms with E-state index in [2.05, 4.69) is 10.3 Å². The summed E-state index contributed by atoms with van der Waals surface area (Å²) in [5.74, 6) is -1.98. The highest BCUT2D eigenvalue weighted by Gasteiger charge is 2.20. The molecule has 0 fully saturated rings. The summed E-state index contributed by atoms with van der Waals surface area (Å²) in [5, 5.41) is 3.06. The van der Waals surface area contributed by atoms with Gasteiger partial charge in [0.15, 0.2) is 27.1 Å². The van der Waals surface area contributed by atoms with Gasteiger partial charge in [-0.05, 0) is 47.5 Å². The first kappa shape index (κ1) is 19.1. The van der Waals surface area contributed by atoms with Gasteiger partial charge in [0.1, 0.15) is 5.52 Å². The summed E-state index contributed by atoms with van der Waals surface area (Å²) >= 11 is 0. The molecule has 148 valence electrons. The SMILES string of the molecule is CS(=O)(=O)c1cccc(C(Nc2nc3ccccc3o2)c2ccc(F)c(F)c2)c1. The van der Waals surface area contributed by atoms with E-state index in [4.69, 9.17) is 4.42 Å². The highest BCUT2D eigenvalue weighted by molar-refractivity contribution is 7.90. The van der Waals surface area contributed by atoms with Crippen LogP contribution in [0.4, 0.5) is 14.8 Å². The second-order valence-corrected chi connectivity index (χ2v) is 8.60. The van der Waals surface area contributed by atoms with E-state index >= 15 is 0 Å². The van der Waals surface area contributed by atoms with E-state index in [9.17, 15) is 17.2 Å². The van der Waals surface area contributed by atoms with Crippen molar-refractivity contribution in [1.29, 1.82) is 0 Å². The molecule has 0 saturated heterocycles.